The molecule has 3 aromatic rings. The molecule has 1 atom stereocenters. The molecule has 180 valence electrons. The van der Waals surface area contributed by atoms with Crippen molar-refractivity contribution in [3.05, 3.63) is 74.0 Å². The largest absolute Gasteiger partial charge is 0.289 e. The van der Waals surface area contributed by atoms with Crippen molar-refractivity contribution < 1.29 is 13.2 Å². The summed E-state index contributed by atoms with van der Waals surface area (Å²) in [6, 6.07) is 10.3. The van der Waals surface area contributed by atoms with Crippen LogP contribution in [-0.4, -0.2) is 50.5 Å². The van der Waals surface area contributed by atoms with E-state index in [4.69, 9.17) is 28.8 Å². The number of thiocarbonyl (C=S) groups is 1. The van der Waals surface area contributed by atoms with Crippen molar-refractivity contribution in [3.63, 3.8) is 0 Å². The molecule has 5 rings (SSSR count). The zero-order valence-electron chi connectivity index (χ0n) is 18.3. The van der Waals surface area contributed by atoms with E-state index in [0.717, 1.165) is 22.2 Å². The number of hydrogen-bond donors (Lipinski definition) is 0. The van der Waals surface area contributed by atoms with Gasteiger partial charge in [-0.1, -0.05) is 53.4 Å². The third-order valence-corrected chi connectivity index (χ3v) is 10.1. The lowest BCUT2D eigenvalue weighted by Gasteiger charge is -2.20. The lowest BCUT2D eigenvalue weighted by atomic mass is 10.2. The van der Waals surface area contributed by atoms with E-state index >= 15 is 0 Å². The maximum Gasteiger partial charge on any atom is 0.266 e. The Morgan fingerprint density at radius 3 is 2.66 bits per heavy atom. The summed E-state index contributed by atoms with van der Waals surface area (Å²) >= 11 is 13.8. The first-order valence-electron chi connectivity index (χ1n) is 10.6. The summed E-state index contributed by atoms with van der Waals surface area (Å²) in [5, 5.41) is 1.04. The number of nitrogens with zero attached hydrogens (tertiary/aromatic N) is 3. The van der Waals surface area contributed by atoms with Crippen LogP contribution in [0.1, 0.15) is 17.5 Å². The molecular formula is C23H18ClN3O4S4. The highest BCUT2D eigenvalue weighted by molar-refractivity contribution is 8.26. The Morgan fingerprint density at radius 1 is 1.23 bits per heavy atom. The zero-order valence-corrected chi connectivity index (χ0v) is 22.3. The highest BCUT2D eigenvalue weighted by Crippen LogP contribution is 2.38. The van der Waals surface area contributed by atoms with Gasteiger partial charge in [0.25, 0.3) is 11.5 Å². The average molecular weight is 564 g/mol. The van der Waals surface area contributed by atoms with Crippen molar-refractivity contribution in [2.75, 3.05) is 11.5 Å². The zero-order chi connectivity index (χ0) is 24.9. The molecule has 35 heavy (non-hydrogen) atoms. The van der Waals surface area contributed by atoms with E-state index in [1.165, 1.54) is 27.1 Å². The number of aryl methyl sites for hydroxylation is 1. The van der Waals surface area contributed by atoms with Crippen LogP contribution in [-0.2, 0) is 14.6 Å². The Morgan fingerprint density at radius 2 is 1.97 bits per heavy atom. The number of halogens is 1. The molecule has 7 nitrogen and oxygen atoms in total. The molecule has 0 saturated carbocycles. The fourth-order valence-electron chi connectivity index (χ4n) is 4.01. The van der Waals surface area contributed by atoms with Crippen LogP contribution in [0.25, 0.3) is 11.7 Å². The fourth-order valence-corrected chi connectivity index (χ4v) is 8.10. The Kier molecular flexibility index (Phi) is 6.56. The molecule has 12 heteroatoms. The summed E-state index contributed by atoms with van der Waals surface area (Å²) in [6.07, 6.45) is 3.50. The van der Waals surface area contributed by atoms with Gasteiger partial charge in [-0.2, -0.15) is 0 Å². The molecule has 2 saturated heterocycles. The molecular weight excluding hydrogens is 546 g/mol. The quantitative estimate of drug-likeness (QED) is 0.265. The Bertz CT molecular complexity index is 1580. The molecule has 0 spiro atoms. The minimum atomic E-state index is -3.19. The van der Waals surface area contributed by atoms with Crippen LogP contribution in [0.4, 0.5) is 0 Å². The van der Waals surface area contributed by atoms with Gasteiger partial charge in [0.05, 0.1) is 28.0 Å². The van der Waals surface area contributed by atoms with E-state index in [2.05, 4.69) is 0 Å². The second kappa shape index (κ2) is 9.36. The van der Waals surface area contributed by atoms with E-state index in [1.807, 2.05) is 25.1 Å². The minimum Gasteiger partial charge on any atom is -0.289 e. The van der Waals surface area contributed by atoms with Crippen molar-refractivity contribution in [1.29, 1.82) is 0 Å². The molecule has 0 aliphatic carbocycles. The first-order chi connectivity index (χ1) is 16.6. The molecule has 1 aromatic carbocycles. The number of thioether (sulfide) groups is 1. The second-order valence-electron chi connectivity index (χ2n) is 8.19. The number of benzene rings is 1. The van der Waals surface area contributed by atoms with E-state index in [0.29, 0.717) is 26.4 Å². The number of sulfone groups is 1. The van der Waals surface area contributed by atoms with Crippen molar-refractivity contribution in [2.24, 2.45) is 0 Å². The van der Waals surface area contributed by atoms with Crippen LogP contribution >= 0.6 is 47.3 Å². The topological polar surface area (TPSA) is 88.8 Å². The summed E-state index contributed by atoms with van der Waals surface area (Å²) < 4.78 is 25.7. The van der Waals surface area contributed by atoms with Crippen LogP contribution in [0.5, 0.6) is 0 Å². The van der Waals surface area contributed by atoms with Gasteiger partial charge in [0.1, 0.15) is 15.0 Å². The van der Waals surface area contributed by atoms with E-state index < -0.39 is 21.8 Å². The second-order valence-corrected chi connectivity index (χ2v) is 13.6. The Balaban J connectivity index is 1.60. The van der Waals surface area contributed by atoms with Crippen molar-refractivity contribution in [2.45, 2.75) is 29.3 Å². The van der Waals surface area contributed by atoms with E-state index in [-0.39, 0.29) is 27.5 Å². The minimum absolute atomic E-state index is 0.0327. The fraction of sp³-hybridized carbons (Fsp3) is 0.217. The normalized spacial score (nSPS) is 20.9. The van der Waals surface area contributed by atoms with Gasteiger partial charge < -0.3 is 0 Å². The summed E-state index contributed by atoms with van der Waals surface area (Å²) in [7, 11) is -3.19. The monoisotopic (exact) mass is 563 g/mol. The molecule has 0 radical (unpaired) electrons. The van der Waals surface area contributed by atoms with Crippen LogP contribution in [0.3, 0.4) is 0 Å². The highest BCUT2D eigenvalue weighted by Gasteiger charge is 2.42. The molecule has 4 heterocycles. The first kappa shape index (κ1) is 24.5. The van der Waals surface area contributed by atoms with Gasteiger partial charge >= 0.3 is 0 Å². The van der Waals surface area contributed by atoms with Crippen LogP contribution < -0.4 is 5.56 Å². The van der Waals surface area contributed by atoms with Gasteiger partial charge in [-0.25, -0.2) is 13.4 Å². The summed E-state index contributed by atoms with van der Waals surface area (Å²) in [4.78, 5) is 34.0. The number of carbonyl (C=O) groups is 1. The SMILES string of the molecule is Cc1cccn2c(=O)c(C=C3SC(=S)N(C4CCS(=O)(=O)C4)C3=O)c(Sc3ccc(Cl)cc3)nc12. The molecule has 0 bridgehead atoms. The number of carbonyl (C=O) groups excluding carboxylic acids is 1. The smallest absolute Gasteiger partial charge is 0.266 e. The number of hydrogen-bond acceptors (Lipinski definition) is 8. The molecule has 0 N–H and O–H groups in total. The van der Waals surface area contributed by atoms with Gasteiger partial charge in [0, 0.05) is 16.1 Å². The molecule has 2 fully saturated rings. The predicted octanol–water partition coefficient (Wildman–Crippen LogP) is 4.20. The van der Waals surface area contributed by atoms with Crippen LogP contribution in [0.2, 0.25) is 5.02 Å². The molecule has 2 aromatic heterocycles. The molecule has 2 aliphatic rings. The highest BCUT2D eigenvalue weighted by atomic mass is 35.5. The van der Waals surface area contributed by atoms with E-state index in [1.54, 1.807) is 24.4 Å². The average Bonchev–Trinajstić information content (AvgIpc) is 3.30. The van der Waals surface area contributed by atoms with E-state index in [9.17, 15) is 18.0 Å². The molecule has 1 amide bonds. The number of fused-ring (bicyclic) bond motifs is 1. The van der Waals surface area contributed by atoms with Crippen molar-refractivity contribution in [3.8, 4) is 0 Å². The van der Waals surface area contributed by atoms with Crippen molar-refractivity contribution >= 4 is 79.1 Å². The van der Waals surface area contributed by atoms with Gasteiger partial charge in [0.15, 0.2) is 9.84 Å². The van der Waals surface area contributed by atoms with Gasteiger partial charge in [-0.15, -0.1) is 0 Å². The van der Waals surface area contributed by atoms with Gasteiger partial charge in [-0.05, 0) is 55.3 Å². The summed E-state index contributed by atoms with van der Waals surface area (Å²) in [5.74, 6) is -0.465. The lowest BCUT2D eigenvalue weighted by Crippen LogP contribution is -2.39. The Labute approximate surface area is 220 Å². The standard InChI is InChI=1S/C23H18ClN3O4S4/c1-13-3-2-9-26-19(13)25-20(33-16-6-4-14(24)5-7-16)17(21(26)28)11-18-22(29)27(23(32)34-18)15-8-10-35(30,31)12-15/h2-7,9,11,15H,8,10,12H2,1H3. The maximum absolute atomic E-state index is 13.5. The third kappa shape index (κ3) is 4.79. The predicted molar refractivity (Wildman–Crippen MR) is 144 cm³/mol. The Hall–Kier alpha value is -2.18. The molecule has 1 unspecified atom stereocenters. The lowest BCUT2D eigenvalue weighted by molar-refractivity contribution is -0.123. The number of amides is 1. The van der Waals surface area contributed by atoms with Crippen molar-refractivity contribution in [1.82, 2.24) is 14.3 Å². The van der Waals surface area contributed by atoms with Gasteiger partial charge in [-0.3, -0.25) is 18.9 Å². The first-order valence-corrected chi connectivity index (χ1v) is 14.8. The van der Waals surface area contributed by atoms with Crippen LogP contribution in [0.15, 0.2) is 62.2 Å². The summed E-state index contributed by atoms with van der Waals surface area (Å²) in [6.45, 7) is 1.87. The maximum atomic E-state index is 13.5. The number of rotatable bonds is 4. The van der Waals surface area contributed by atoms with Gasteiger partial charge in [0.2, 0.25) is 0 Å². The number of pyridine rings is 1. The molecule has 2 aliphatic heterocycles. The summed E-state index contributed by atoms with van der Waals surface area (Å²) in [5.41, 5.74) is 1.30. The van der Waals surface area contributed by atoms with Crippen LogP contribution in [0, 0.1) is 6.92 Å². The third-order valence-electron chi connectivity index (χ3n) is 5.75. The number of aromatic nitrogens is 2.